The lowest BCUT2D eigenvalue weighted by Gasteiger charge is -2.36. The fourth-order valence-electron chi connectivity index (χ4n) is 3.49. The van der Waals surface area contributed by atoms with Gasteiger partial charge >= 0.3 is 12.4 Å². The van der Waals surface area contributed by atoms with E-state index in [1.807, 2.05) is 6.92 Å². The molecular weight excluding hydrogens is 434 g/mol. The SMILES string of the molecule is Cc1ccc(C2=C(N)C=N[C@@](c3ccc(OCCCC(F)(F)F)cc3)(C(F)(F)F)C2)cc1. The predicted molar refractivity (Wildman–Crippen MR) is 110 cm³/mol. The summed E-state index contributed by atoms with van der Waals surface area (Å²) >= 11 is 0. The van der Waals surface area contributed by atoms with E-state index < -0.39 is 30.7 Å². The molecule has 0 unspecified atom stereocenters. The van der Waals surface area contributed by atoms with Crippen LogP contribution in [0.2, 0.25) is 0 Å². The highest BCUT2D eigenvalue weighted by atomic mass is 19.4. The molecule has 1 atom stereocenters. The molecule has 2 N–H and O–H groups in total. The van der Waals surface area contributed by atoms with Crippen molar-refractivity contribution in [3.05, 3.63) is 70.9 Å². The zero-order valence-corrected chi connectivity index (χ0v) is 17.2. The third-order valence-electron chi connectivity index (χ3n) is 5.28. The summed E-state index contributed by atoms with van der Waals surface area (Å²) in [7, 11) is 0. The van der Waals surface area contributed by atoms with Crippen molar-refractivity contribution in [3.8, 4) is 5.75 Å². The average Bonchev–Trinajstić information content (AvgIpc) is 2.71. The molecule has 0 radical (unpaired) electrons. The van der Waals surface area contributed by atoms with Gasteiger partial charge < -0.3 is 10.5 Å². The fraction of sp³-hybridized carbons (Fsp3) is 0.348. The number of nitrogens with zero attached hydrogens (tertiary/aromatic N) is 1. The molecule has 3 rings (SSSR count). The van der Waals surface area contributed by atoms with Crippen LogP contribution in [0, 0.1) is 6.92 Å². The first kappa shape index (κ1) is 23.7. The van der Waals surface area contributed by atoms with Crippen LogP contribution in [0.4, 0.5) is 26.3 Å². The van der Waals surface area contributed by atoms with Crippen LogP contribution < -0.4 is 10.5 Å². The van der Waals surface area contributed by atoms with E-state index in [9.17, 15) is 26.3 Å². The van der Waals surface area contributed by atoms with Crippen LogP contribution in [-0.2, 0) is 5.54 Å². The van der Waals surface area contributed by atoms with E-state index in [1.165, 1.54) is 24.3 Å². The van der Waals surface area contributed by atoms with Gasteiger partial charge in [-0.25, -0.2) is 0 Å². The van der Waals surface area contributed by atoms with Crippen LogP contribution in [0.15, 0.2) is 59.2 Å². The quantitative estimate of drug-likeness (QED) is 0.409. The van der Waals surface area contributed by atoms with Crippen molar-refractivity contribution in [1.82, 2.24) is 0 Å². The molecule has 3 nitrogen and oxygen atoms in total. The Bertz CT molecular complexity index is 991. The summed E-state index contributed by atoms with van der Waals surface area (Å²) in [5, 5.41) is 0. The molecule has 1 heterocycles. The van der Waals surface area contributed by atoms with Crippen LogP contribution in [-0.4, -0.2) is 25.2 Å². The number of hydrogen-bond donors (Lipinski definition) is 1. The normalized spacial score (nSPS) is 19.3. The second kappa shape index (κ2) is 8.88. The smallest absolute Gasteiger partial charge is 0.418 e. The van der Waals surface area contributed by atoms with Crippen molar-refractivity contribution in [1.29, 1.82) is 0 Å². The molecular formula is C23H22F6N2O. The van der Waals surface area contributed by atoms with Gasteiger partial charge in [0, 0.05) is 19.1 Å². The van der Waals surface area contributed by atoms with Crippen LogP contribution in [0.1, 0.15) is 36.0 Å². The minimum absolute atomic E-state index is 0.110. The molecule has 0 bridgehead atoms. The first-order valence-corrected chi connectivity index (χ1v) is 9.89. The number of halogens is 6. The molecule has 1 aliphatic rings. The number of aryl methyl sites for hydroxylation is 1. The van der Waals surface area contributed by atoms with E-state index in [1.54, 1.807) is 24.3 Å². The van der Waals surface area contributed by atoms with E-state index in [-0.39, 0.29) is 30.0 Å². The zero-order valence-electron chi connectivity index (χ0n) is 17.2. The number of allylic oxidation sites excluding steroid dienone is 1. The topological polar surface area (TPSA) is 47.6 Å². The number of ether oxygens (including phenoxy) is 1. The second-order valence-electron chi connectivity index (χ2n) is 7.68. The molecule has 2 aromatic carbocycles. The number of nitrogens with two attached hydrogens (primary N) is 1. The van der Waals surface area contributed by atoms with Crippen LogP contribution >= 0.6 is 0 Å². The van der Waals surface area contributed by atoms with Crippen LogP contribution in [0.3, 0.4) is 0 Å². The van der Waals surface area contributed by atoms with E-state index in [0.29, 0.717) is 11.1 Å². The van der Waals surface area contributed by atoms with Gasteiger partial charge in [0.05, 0.1) is 12.3 Å². The number of dihydropyridines is 1. The van der Waals surface area contributed by atoms with Crippen molar-refractivity contribution in [2.75, 3.05) is 6.61 Å². The molecule has 0 saturated carbocycles. The predicted octanol–water partition coefficient (Wildman–Crippen LogP) is 6.32. The Hall–Kier alpha value is -2.97. The zero-order chi connectivity index (χ0) is 23.6. The van der Waals surface area contributed by atoms with Crippen LogP contribution in [0.25, 0.3) is 5.57 Å². The van der Waals surface area contributed by atoms with E-state index in [2.05, 4.69) is 4.99 Å². The fourth-order valence-corrected chi connectivity index (χ4v) is 3.49. The summed E-state index contributed by atoms with van der Waals surface area (Å²) in [5.74, 6) is 0.182. The maximum absolute atomic E-state index is 14.3. The molecule has 9 heteroatoms. The molecule has 1 aliphatic heterocycles. The summed E-state index contributed by atoms with van der Waals surface area (Å²) in [4.78, 5) is 3.81. The minimum Gasteiger partial charge on any atom is -0.494 e. The second-order valence-corrected chi connectivity index (χ2v) is 7.68. The van der Waals surface area contributed by atoms with E-state index >= 15 is 0 Å². The standard InChI is InChI=1S/C23H22F6N2O/c1-15-3-5-16(6-4-15)19-13-21(23(27,28)29,31-14-20(19)30)17-7-9-18(10-8-17)32-12-2-11-22(24,25)26/h3-10,14H,2,11-13,30H2,1H3/t21-/m0/s1. The molecule has 0 aromatic heterocycles. The lowest BCUT2D eigenvalue weighted by molar-refractivity contribution is -0.187. The molecule has 32 heavy (non-hydrogen) atoms. The highest BCUT2D eigenvalue weighted by molar-refractivity contribution is 5.92. The summed E-state index contributed by atoms with van der Waals surface area (Å²) in [6, 6.07) is 12.1. The first-order valence-electron chi connectivity index (χ1n) is 9.89. The van der Waals surface area contributed by atoms with Gasteiger partial charge in [-0.05, 0) is 42.2 Å². The third kappa shape index (κ3) is 5.26. The third-order valence-corrected chi connectivity index (χ3v) is 5.28. The Balaban J connectivity index is 1.84. The van der Waals surface area contributed by atoms with E-state index in [4.69, 9.17) is 10.5 Å². The average molecular weight is 456 g/mol. The Morgan fingerprint density at radius 1 is 0.969 bits per heavy atom. The van der Waals surface area contributed by atoms with Gasteiger partial charge in [-0.15, -0.1) is 0 Å². The Kier molecular flexibility index (Phi) is 6.57. The molecule has 172 valence electrons. The number of rotatable bonds is 6. The monoisotopic (exact) mass is 456 g/mol. The molecule has 0 spiro atoms. The highest BCUT2D eigenvalue weighted by Gasteiger charge is 2.57. The lowest BCUT2D eigenvalue weighted by atomic mass is 9.79. The summed E-state index contributed by atoms with van der Waals surface area (Å²) in [5.41, 5.74) is 5.38. The summed E-state index contributed by atoms with van der Waals surface area (Å²) < 4.78 is 84.8. The number of aliphatic imine (C=N–C) groups is 1. The summed E-state index contributed by atoms with van der Waals surface area (Å²) in [6.07, 6.45) is -9.68. The maximum Gasteiger partial charge on any atom is 0.418 e. The van der Waals surface area contributed by atoms with Crippen molar-refractivity contribution in [2.45, 2.75) is 44.1 Å². The number of alkyl halides is 6. The molecule has 0 aliphatic carbocycles. The molecule has 2 aromatic rings. The van der Waals surface area contributed by atoms with E-state index in [0.717, 1.165) is 11.8 Å². The van der Waals surface area contributed by atoms with Crippen LogP contribution in [0.5, 0.6) is 5.75 Å². The van der Waals surface area contributed by atoms with Crippen molar-refractivity contribution < 1.29 is 31.1 Å². The summed E-state index contributed by atoms with van der Waals surface area (Å²) in [6.45, 7) is 1.68. The number of benzene rings is 2. The molecule has 0 saturated heterocycles. The van der Waals surface area contributed by atoms with Gasteiger partial charge in [0.25, 0.3) is 0 Å². The van der Waals surface area contributed by atoms with Gasteiger partial charge in [-0.1, -0.05) is 42.0 Å². The van der Waals surface area contributed by atoms with Gasteiger partial charge in [-0.3, -0.25) is 4.99 Å². The Morgan fingerprint density at radius 3 is 2.16 bits per heavy atom. The van der Waals surface area contributed by atoms with Crippen molar-refractivity contribution in [3.63, 3.8) is 0 Å². The maximum atomic E-state index is 14.3. The van der Waals surface area contributed by atoms with Crippen molar-refractivity contribution >= 4 is 11.8 Å². The van der Waals surface area contributed by atoms with Crippen molar-refractivity contribution in [2.24, 2.45) is 10.7 Å². The largest absolute Gasteiger partial charge is 0.494 e. The molecule has 0 amide bonds. The van der Waals surface area contributed by atoms with Gasteiger partial charge in [-0.2, -0.15) is 26.3 Å². The Labute approximate surface area is 181 Å². The number of hydrogen-bond acceptors (Lipinski definition) is 3. The minimum atomic E-state index is -4.71. The first-order chi connectivity index (χ1) is 14.9. The lowest BCUT2D eigenvalue weighted by Crippen LogP contribution is -2.43. The van der Waals surface area contributed by atoms with Gasteiger partial charge in [0.1, 0.15) is 5.75 Å². The highest BCUT2D eigenvalue weighted by Crippen LogP contribution is 2.50. The molecule has 0 fully saturated rings. The Morgan fingerprint density at radius 2 is 1.59 bits per heavy atom. The van der Waals surface area contributed by atoms with Gasteiger partial charge in [0.2, 0.25) is 0 Å². The van der Waals surface area contributed by atoms with Gasteiger partial charge in [0.15, 0.2) is 5.54 Å².